The highest BCUT2D eigenvalue weighted by atomic mass is 19.4. The second kappa shape index (κ2) is 4.88. The molecule has 24 heavy (non-hydrogen) atoms. The maximum absolute atomic E-state index is 14.0. The van der Waals surface area contributed by atoms with Crippen LogP contribution in [0.4, 0.5) is 43.9 Å². The summed E-state index contributed by atoms with van der Waals surface area (Å²) in [6.45, 7) is 0. The highest BCUT2D eigenvalue weighted by Crippen LogP contribution is 2.69. The first kappa shape index (κ1) is 20.3. The Hall–Kier alpha value is -1.76. The summed E-state index contributed by atoms with van der Waals surface area (Å²) in [5.74, 6) is -35.5. The van der Waals surface area contributed by atoms with E-state index in [9.17, 15) is 53.5 Å². The van der Waals surface area contributed by atoms with E-state index in [1.54, 1.807) is 0 Å². The molecule has 14 heteroatoms. The zero-order valence-corrected chi connectivity index (χ0v) is 11.4. The molecule has 0 N–H and O–H groups in total. The van der Waals surface area contributed by atoms with Crippen LogP contribution in [0.1, 0.15) is 0 Å². The molecule has 4 nitrogen and oxygen atoms in total. The van der Waals surface area contributed by atoms with Crippen LogP contribution in [0.3, 0.4) is 0 Å². The molecule has 1 saturated carbocycles. The van der Waals surface area contributed by atoms with E-state index in [0.717, 1.165) is 0 Å². The van der Waals surface area contributed by atoms with Crippen LogP contribution < -0.4 is 0 Å². The van der Waals surface area contributed by atoms with Crippen LogP contribution in [0.2, 0.25) is 0 Å². The number of rotatable bonds is 2. The lowest BCUT2D eigenvalue weighted by atomic mass is 9.66. The zero-order valence-electron chi connectivity index (χ0n) is 11.4. The standard InChI is InChI=1S/C10H6F10O4/c1-23-3(21)5(11)7(13,14)9(17,18)6(12,4(22)24-2)10(19,20)8(5,15)16/h1-2H3. The molecule has 0 radical (unpaired) electrons. The Morgan fingerprint density at radius 2 is 0.708 bits per heavy atom. The normalized spacial score (nSPS) is 35.8. The molecule has 1 fully saturated rings. The molecule has 0 aromatic heterocycles. The minimum Gasteiger partial charge on any atom is -0.466 e. The first-order chi connectivity index (χ1) is 10.5. The third-order valence-corrected chi connectivity index (χ3v) is 3.45. The molecule has 1 aliphatic rings. The highest BCUT2D eigenvalue weighted by Gasteiger charge is 3.04. The molecule has 140 valence electrons. The molecule has 0 aromatic rings. The van der Waals surface area contributed by atoms with Crippen LogP contribution in [-0.2, 0) is 19.1 Å². The number of carbonyl (C=O) groups is 2. The zero-order chi connectivity index (χ0) is 19.6. The lowest BCUT2D eigenvalue weighted by Gasteiger charge is -2.52. The van der Waals surface area contributed by atoms with E-state index in [4.69, 9.17) is 0 Å². The second-order valence-corrected chi connectivity index (χ2v) is 4.60. The van der Waals surface area contributed by atoms with Crippen molar-refractivity contribution in [1.29, 1.82) is 0 Å². The van der Waals surface area contributed by atoms with Gasteiger partial charge in [0.2, 0.25) is 0 Å². The Morgan fingerprint density at radius 3 is 0.833 bits per heavy atom. The maximum Gasteiger partial charge on any atom is 0.364 e. The van der Waals surface area contributed by atoms with Crippen molar-refractivity contribution in [3.05, 3.63) is 0 Å². The number of methoxy groups -OCH3 is 2. The lowest BCUT2D eigenvalue weighted by molar-refractivity contribution is -0.444. The van der Waals surface area contributed by atoms with Gasteiger partial charge in [0.05, 0.1) is 14.2 Å². The van der Waals surface area contributed by atoms with Crippen LogP contribution >= 0.6 is 0 Å². The van der Waals surface area contributed by atoms with Crippen LogP contribution in [0.25, 0.3) is 0 Å². The quantitative estimate of drug-likeness (QED) is 0.545. The van der Waals surface area contributed by atoms with Crippen molar-refractivity contribution in [3.63, 3.8) is 0 Å². The summed E-state index contributed by atoms with van der Waals surface area (Å²) >= 11 is 0. The van der Waals surface area contributed by atoms with E-state index < -0.39 is 47.0 Å². The van der Waals surface area contributed by atoms with Gasteiger partial charge in [0, 0.05) is 0 Å². The van der Waals surface area contributed by atoms with Gasteiger partial charge in [-0.2, -0.15) is 35.1 Å². The first-order valence-electron chi connectivity index (χ1n) is 5.52. The fourth-order valence-electron chi connectivity index (χ4n) is 2.05. The highest BCUT2D eigenvalue weighted by molar-refractivity contribution is 5.89. The van der Waals surface area contributed by atoms with Crippen LogP contribution in [0.15, 0.2) is 0 Å². The summed E-state index contributed by atoms with van der Waals surface area (Å²) in [7, 11) is -0.104. The molecule has 0 atom stereocenters. The number of alkyl halides is 10. The first-order valence-corrected chi connectivity index (χ1v) is 5.52. The largest absolute Gasteiger partial charge is 0.466 e. The van der Waals surface area contributed by atoms with Gasteiger partial charge in [0.1, 0.15) is 0 Å². The number of halogens is 10. The Labute approximate surface area is 125 Å². The summed E-state index contributed by atoms with van der Waals surface area (Å²) in [4.78, 5) is 21.8. The van der Waals surface area contributed by atoms with Crippen molar-refractivity contribution in [3.8, 4) is 0 Å². The van der Waals surface area contributed by atoms with Gasteiger partial charge in [0.25, 0.3) is 0 Å². The fourth-order valence-corrected chi connectivity index (χ4v) is 2.05. The minimum absolute atomic E-state index is 0.0519. The van der Waals surface area contributed by atoms with Crippen molar-refractivity contribution in [2.24, 2.45) is 0 Å². The van der Waals surface area contributed by atoms with E-state index in [1.165, 1.54) is 0 Å². The Kier molecular flexibility index (Phi) is 4.12. The summed E-state index contributed by atoms with van der Waals surface area (Å²) in [5, 5.41) is 0. The predicted molar refractivity (Wildman–Crippen MR) is 51.5 cm³/mol. The molecule has 0 unspecified atom stereocenters. The molecule has 0 aliphatic heterocycles. The third kappa shape index (κ3) is 1.61. The van der Waals surface area contributed by atoms with Gasteiger partial charge in [-0.05, 0) is 0 Å². The van der Waals surface area contributed by atoms with Gasteiger partial charge in [0.15, 0.2) is 0 Å². The smallest absolute Gasteiger partial charge is 0.364 e. The number of hydrogen-bond acceptors (Lipinski definition) is 4. The monoisotopic (exact) mass is 380 g/mol. The van der Waals surface area contributed by atoms with Crippen LogP contribution in [0.5, 0.6) is 0 Å². The average molecular weight is 380 g/mol. The molecule has 0 amide bonds. The Bertz CT molecular complexity index is 494. The van der Waals surface area contributed by atoms with Gasteiger partial charge in [-0.3, -0.25) is 0 Å². The molecule has 0 bridgehead atoms. The van der Waals surface area contributed by atoms with Gasteiger partial charge >= 0.3 is 47.0 Å². The van der Waals surface area contributed by atoms with E-state index in [0.29, 0.717) is 0 Å². The van der Waals surface area contributed by atoms with Crippen LogP contribution in [0, 0.1) is 0 Å². The summed E-state index contributed by atoms with van der Waals surface area (Å²) in [5.41, 5.74) is -13.4. The predicted octanol–water partition coefficient (Wildman–Crippen LogP) is 2.30. The van der Waals surface area contributed by atoms with Crippen molar-refractivity contribution in [1.82, 2.24) is 0 Å². The van der Waals surface area contributed by atoms with Crippen molar-refractivity contribution >= 4 is 11.9 Å². The van der Waals surface area contributed by atoms with Gasteiger partial charge in [-0.15, -0.1) is 0 Å². The van der Waals surface area contributed by atoms with E-state index >= 15 is 0 Å². The molecule has 0 saturated heterocycles. The number of ether oxygens (including phenoxy) is 2. The Morgan fingerprint density at radius 1 is 0.542 bits per heavy atom. The van der Waals surface area contributed by atoms with E-state index in [1.807, 2.05) is 0 Å². The van der Waals surface area contributed by atoms with Crippen molar-refractivity contribution < 1.29 is 63.0 Å². The molecule has 0 heterocycles. The van der Waals surface area contributed by atoms with E-state index in [2.05, 4.69) is 9.47 Å². The molecule has 1 aliphatic carbocycles. The van der Waals surface area contributed by atoms with Gasteiger partial charge in [-0.25, -0.2) is 18.4 Å². The molecular weight excluding hydrogens is 374 g/mol. The Balaban J connectivity index is 4.01. The van der Waals surface area contributed by atoms with E-state index in [-0.39, 0.29) is 14.2 Å². The van der Waals surface area contributed by atoms with Gasteiger partial charge < -0.3 is 9.47 Å². The van der Waals surface area contributed by atoms with Crippen molar-refractivity contribution in [2.45, 2.75) is 35.0 Å². The summed E-state index contributed by atoms with van der Waals surface area (Å²) < 4.78 is 143. The van der Waals surface area contributed by atoms with Crippen LogP contribution in [-0.4, -0.2) is 61.2 Å². The van der Waals surface area contributed by atoms with Crippen molar-refractivity contribution in [2.75, 3.05) is 14.2 Å². The third-order valence-electron chi connectivity index (χ3n) is 3.45. The molecular formula is C10H6F10O4. The SMILES string of the molecule is COC(=O)C1(F)C(F)(F)C(F)(F)C(F)(C(=O)OC)C(F)(F)C1(F)F. The second-order valence-electron chi connectivity index (χ2n) is 4.60. The average Bonchev–Trinajstić information content (AvgIpc) is 2.49. The summed E-state index contributed by atoms with van der Waals surface area (Å²) in [6, 6.07) is 0. The lowest BCUT2D eigenvalue weighted by Crippen LogP contribution is -2.88. The number of esters is 2. The topological polar surface area (TPSA) is 52.6 Å². The minimum atomic E-state index is -7.12. The fraction of sp³-hybridized carbons (Fsp3) is 0.800. The number of hydrogen-bond donors (Lipinski definition) is 0. The molecule has 0 aromatic carbocycles. The van der Waals surface area contributed by atoms with Gasteiger partial charge in [-0.1, -0.05) is 0 Å². The maximum atomic E-state index is 14.0. The molecule has 0 spiro atoms. The molecule has 1 rings (SSSR count). The summed E-state index contributed by atoms with van der Waals surface area (Å²) in [6.07, 6.45) is 0. The number of carbonyl (C=O) groups excluding carboxylic acids is 2.